The zero-order chi connectivity index (χ0) is 14.4. The first-order valence-corrected chi connectivity index (χ1v) is 7.08. The van der Waals surface area contributed by atoms with Gasteiger partial charge in [-0.2, -0.15) is 0 Å². The number of nitrogens with two attached hydrogens (primary N) is 1. The average Bonchev–Trinajstić information content (AvgIpc) is 2.43. The van der Waals surface area contributed by atoms with Crippen LogP contribution in [-0.2, 0) is 4.79 Å². The second kappa shape index (κ2) is 7.29. The Hall–Kier alpha value is -1.35. The quantitative estimate of drug-likeness (QED) is 0.828. The van der Waals surface area contributed by atoms with Crippen molar-refractivity contribution in [3.05, 3.63) is 35.9 Å². The molecule has 3 nitrogen and oxygen atoms in total. The van der Waals surface area contributed by atoms with Crippen LogP contribution in [0.2, 0.25) is 0 Å². The molecule has 0 aliphatic heterocycles. The van der Waals surface area contributed by atoms with Crippen LogP contribution < -0.4 is 11.1 Å². The third-order valence-corrected chi connectivity index (χ3v) is 3.68. The minimum Gasteiger partial charge on any atom is -0.348 e. The maximum absolute atomic E-state index is 12.2. The molecule has 1 rings (SSSR count). The van der Waals surface area contributed by atoms with Crippen LogP contribution in [0.1, 0.15) is 45.7 Å². The van der Waals surface area contributed by atoms with E-state index in [0.29, 0.717) is 5.92 Å². The Morgan fingerprint density at radius 1 is 1.21 bits per heavy atom. The van der Waals surface area contributed by atoms with Crippen LogP contribution in [0.5, 0.6) is 0 Å². The smallest absolute Gasteiger partial charge is 0.237 e. The highest BCUT2D eigenvalue weighted by molar-refractivity contribution is 5.82. The van der Waals surface area contributed by atoms with E-state index in [4.69, 9.17) is 5.73 Å². The number of rotatable bonds is 6. The monoisotopic (exact) mass is 262 g/mol. The molecule has 0 radical (unpaired) electrons. The van der Waals surface area contributed by atoms with Gasteiger partial charge in [-0.1, -0.05) is 64.4 Å². The van der Waals surface area contributed by atoms with E-state index in [1.807, 2.05) is 37.3 Å². The van der Waals surface area contributed by atoms with E-state index in [9.17, 15) is 4.79 Å². The first kappa shape index (κ1) is 15.7. The van der Waals surface area contributed by atoms with E-state index >= 15 is 0 Å². The molecule has 3 atom stereocenters. The van der Waals surface area contributed by atoms with Gasteiger partial charge in [-0.3, -0.25) is 4.79 Å². The van der Waals surface area contributed by atoms with Crippen LogP contribution in [-0.4, -0.2) is 11.9 Å². The lowest BCUT2D eigenvalue weighted by Crippen LogP contribution is -2.46. The molecule has 0 heterocycles. The topological polar surface area (TPSA) is 55.1 Å². The molecule has 1 amide bonds. The lowest BCUT2D eigenvalue weighted by molar-refractivity contribution is -0.124. The number of benzene rings is 1. The van der Waals surface area contributed by atoms with Crippen molar-refractivity contribution in [1.29, 1.82) is 0 Å². The van der Waals surface area contributed by atoms with Gasteiger partial charge in [0.2, 0.25) is 5.91 Å². The second-order valence-electron chi connectivity index (χ2n) is 5.55. The first-order chi connectivity index (χ1) is 8.97. The molecule has 1 aromatic rings. The summed E-state index contributed by atoms with van der Waals surface area (Å²) in [5, 5.41) is 3.08. The molecule has 2 unspecified atom stereocenters. The van der Waals surface area contributed by atoms with Gasteiger partial charge in [-0.05, 0) is 17.4 Å². The summed E-state index contributed by atoms with van der Waals surface area (Å²) in [7, 11) is 0. The lowest BCUT2D eigenvalue weighted by atomic mass is 9.94. The van der Waals surface area contributed by atoms with Gasteiger partial charge in [0, 0.05) is 0 Å². The van der Waals surface area contributed by atoms with Gasteiger partial charge in [0.25, 0.3) is 0 Å². The summed E-state index contributed by atoms with van der Waals surface area (Å²) in [6.45, 7) is 8.27. The average molecular weight is 262 g/mol. The molecule has 0 aliphatic rings. The van der Waals surface area contributed by atoms with Crippen molar-refractivity contribution in [3.63, 3.8) is 0 Å². The Morgan fingerprint density at radius 3 is 2.26 bits per heavy atom. The van der Waals surface area contributed by atoms with Crippen molar-refractivity contribution >= 4 is 5.91 Å². The molecule has 0 fully saturated rings. The second-order valence-corrected chi connectivity index (χ2v) is 5.55. The Labute approximate surface area is 116 Å². The number of hydrogen-bond acceptors (Lipinski definition) is 2. The van der Waals surface area contributed by atoms with Crippen molar-refractivity contribution in [2.24, 2.45) is 17.6 Å². The fourth-order valence-electron chi connectivity index (χ4n) is 2.06. The standard InChI is InChI=1S/C16H26N2O/c1-5-12(4)14(17)16(19)18-15(11(2)3)13-9-7-6-8-10-13/h6-12,14-15H,5,17H2,1-4H3,(H,18,19)/t12?,14-,15?/m0/s1. The van der Waals surface area contributed by atoms with Crippen LogP contribution in [0.3, 0.4) is 0 Å². The van der Waals surface area contributed by atoms with Gasteiger partial charge >= 0.3 is 0 Å². The summed E-state index contributed by atoms with van der Waals surface area (Å²) in [4.78, 5) is 12.2. The van der Waals surface area contributed by atoms with Gasteiger partial charge in [-0.25, -0.2) is 0 Å². The molecule has 0 aliphatic carbocycles. The molecule has 19 heavy (non-hydrogen) atoms. The predicted octanol–water partition coefficient (Wildman–Crippen LogP) is 2.87. The molecule has 1 aromatic carbocycles. The fraction of sp³-hybridized carbons (Fsp3) is 0.562. The zero-order valence-corrected chi connectivity index (χ0v) is 12.4. The number of amides is 1. The summed E-state index contributed by atoms with van der Waals surface area (Å²) in [6, 6.07) is 9.63. The van der Waals surface area contributed by atoms with Crippen LogP contribution in [0.4, 0.5) is 0 Å². The maximum Gasteiger partial charge on any atom is 0.237 e. The van der Waals surface area contributed by atoms with Crippen molar-refractivity contribution < 1.29 is 4.79 Å². The fourth-order valence-corrected chi connectivity index (χ4v) is 2.06. The van der Waals surface area contributed by atoms with E-state index < -0.39 is 6.04 Å². The highest BCUT2D eigenvalue weighted by Crippen LogP contribution is 2.21. The summed E-state index contributed by atoms with van der Waals surface area (Å²) in [5.41, 5.74) is 7.11. The molecule has 3 N–H and O–H groups in total. The van der Waals surface area contributed by atoms with E-state index in [1.165, 1.54) is 0 Å². The summed E-state index contributed by atoms with van der Waals surface area (Å²) in [6.07, 6.45) is 0.909. The maximum atomic E-state index is 12.2. The van der Waals surface area contributed by atoms with Gasteiger partial charge in [-0.15, -0.1) is 0 Å². The predicted molar refractivity (Wildman–Crippen MR) is 79.6 cm³/mol. The number of hydrogen-bond donors (Lipinski definition) is 2. The van der Waals surface area contributed by atoms with Crippen molar-refractivity contribution in [1.82, 2.24) is 5.32 Å². The summed E-state index contributed by atoms with van der Waals surface area (Å²) in [5.74, 6) is 0.468. The molecule has 0 spiro atoms. The van der Waals surface area contributed by atoms with E-state index in [2.05, 4.69) is 26.1 Å². The van der Waals surface area contributed by atoms with Crippen molar-refractivity contribution in [2.75, 3.05) is 0 Å². The van der Waals surface area contributed by atoms with Crippen LogP contribution >= 0.6 is 0 Å². The van der Waals surface area contributed by atoms with Gasteiger partial charge < -0.3 is 11.1 Å². The Kier molecular flexibility index (Phi) is 6.03. The molecule has 106 valence electrons. The van der Waals surface area contributed by atoms with E-state index in [-0.39, 0.29) is 17.9 Å². The first-order valence-electron chi connectivity index (χ1n) is 7.08. The zero-order valence-electron chi connectivity index (χ0n) is 12.4. The molecule has 0 bridgehead atoms. The van der Waals surface area contributed by atoms with Gasteiger partial charge in [0.05, 0.1) is 12.1 Å². The highest BCUT2D eigenvalue weighted by atomic mass is 16.2. The van der Waals surface area contributed by atoms with Gasteiger partial charge in [0.15, 0.2) is 0 Å². The van der Waals surface area contributed by atoms with Crippen LogP contribution in [0.25, 0.3) is 0 Å². The molecular formula is C16H26N2O. The third-order valence-electron chi connectivity index (χ3n) is 3.68. The van der Waals surface area contributed by atoms with Crippen LogP contribution in [0, 0.1) is 11.8 Å². The van der Waals surface area contributed by atoms with E-state index in [1.54, 1.807) is 0 Å². The highest BCUT2D eigenvalue weighted by Gasteiger charge is 2.24. The lowest BCUT2D eigenvalue weighted by Gasteiger charge is -2.26. The molecule has 0 aromatic heterocycles. The number of carbonyl (C=O) groups is 1. The number of nitrogens with one attached hydrogen (secondary N) is 1. The Balaban J connectivity index is 2.78. The van der Waals surface area contributed by atoms with Crippen LogP contribution in [0.15, 0.2) is 30.3 Å². The molecule has 0 saturated carbocycles. The Bertz CT molecular complexity index is 389. The largest absolute Gasteiger partial charge is 0.348 e. The minimum absolute atomic E-state index is 0.0174. The van der Waals surface area contributed by atoms with Crippen molar-refractivity contribution in [3.8, 4) is 0 Å². The molecular weight excluding hydrogens is 236 g/mol. The molecule has 3 heteroatoms. The number of carbonyl (C=O) groups excluding carboxylic acids is 1. The third kappa shape index (κ3) is 4.35. The van der Waals surface area contributed by atoms with E-state index in [0.717, 1.165) is 12.0 Å². The summed E-state index contributed by atoms with van der Waals surface area (Å²) >= 11 is 0. The normalized spacial score (nSPS) is 15.9. The van der Waals surface area contributed by atoms with Crippen molar-refractivity contribution in [2.45, 2.75) is 46.2 Å². The summed E-state index contributed by atoms with van der Waals surface area (Å²) < 4.78 is 0. The molecule has 0 saturated heterocycles. The SMILES string of the molecule is CCC(C)[C@H](N)C(=O)NC(c1ccccc1)C(C)C. The van der Waals surface area contributed by atoms with Gasteiger partial charge in [0.1, 0.15) is 0 Å². The Morgan fingerprint density at radius 2 is 1.79 bits per heavy atom. The minimum atomic E-state index is -0.435.